The second-order valence-electron chi connectivity index (χ2n) is 7.20. The van der Waals surface area contributed by atoms with Crippen molar-refractivity contribution in [1.29, 1.82) is 0 Å². The monoisotopic (exact) mass is 364 g/mol. The Morgan fingerprint density at radius 1 is 0.714 bits per heavy atom. The first kappa shape index (κ1) is 16.6. The van der Waals surface area contributed by atoms with Crippen molar-refractivity contribution in [3.8, 4) is 11.3 Å². The Labute approximate surface area is 163 Å². The van der Waals surface area contributed by atoms with Gasteiger partial charge in [0.15, 0.2) is 0 Å². The van der Waals surface area contributed by atoms with E-state index in [1.54, 1.807) is 0 Å². The zero-order valence-electron chi connectivity index (χ0n) is 15.8. The maximum atomic E-state index is 6.16. The lowest BCUT2D eigenvalue weighted by atomic mass is 9.94. The second kappa shape index (κ2) is 6.24. The molecule has 0 fully saturated rings. The van der Waals surface area contributed by atoms with Gasteiger partial charge in [-0.1, -0.05) is 36.4 Å². The average molecular weight is 364 g/mol. The molecule has 0 amide bonds. The Balaban J connectivity index is 2.11. The van der Waals surface area contributed by atoms with Crippen LogP contribution < -0.4 is 16.0 Å². The lowest BCUT2D eigenvalue weighted by Crippen LogP contribution is -2.36. The minimum absolute atomic E-state index is 0.779. The van der Waals surface area contributed by atoms with Crippen molar-refractivity contribution in [3.05, 3.63) is 78.9 Å². The number of nitrogen functional groups attached to an aromatic ring is 2. The zero-order valence-corrected chi connectivity index (χ0v) is 15.8. The summed E-state index contributed by atoms with van der Waals surface area (Å²) in [4.78, 5) is 0. The predicted octanol–water partition coefficient (Wildman–Crippen LogP) is 5.29. The van der Waals surface area contributed by atoms with Crippen molar-refractivity contribution in [2.24, 2.45) is 0 Å². The summed E-state index contributed by atoms with van der Waals surface area (Å²) in [6.07, 6.45) is 0. The third kappa shape index (κ3) is 2.40. The summed E-state index contributed by atoms with van der Waals surface area (Å²) >= 11 is 0. The molecule has 0 saturated carbocycles. The van der Waals surface area contributed by atoms with Crippen LogP contribution in [0, 0.1) is 0 Å². The van der Waals surface area contributed by atoms with E-state index in [0.717, 1.165) is 28.8 Å². The predicted molar refractivity (Wildman–Crippen MR) is 119 cm³/mol. The largest absolute Gasteiger partial charge is 0.399 e. The topological polar surface area (TPSA) is 55.9 Å². The number of anilines is 2. The Morgan fingerprint density at radius 2 is 1.39 bits per heavy atom. The van der Waals surface area contributed by atoms with Crippen LogP contribution >= 0.6 is 0 Å². The normalized spacial score (nSPS) is 11.5. The van der Waals surface area contributed by atoms with Crippen LogP contribution in [0.4, 0.5) is 11.4 Å². The van der Waals surface area contributed by atoms with E-state index in [-0.39, 0.29) is 0 Å². The fourth-order valence-corrected chi connectivity index (χ4v) is 4.31. The summed E-state index contributed by atoms with van der Waals surface area (Å²) in [5.41, 5.74) is 17.4. The molecule has 1 aromatic heterocycles. The minimum Gasteiger partial charge on any atom is -0.399 e. The SMILES string of the molecule is CC[n+]1c(-c2ccccc2)c2c3ccc(N)cc3ccc2c2ccc(N)cc21. The van der Waals surface area contributed by atoms with Gasteiger partial charge in [0.2, 0.25) is 11.2 Å². The quantitative estimate of drug-likeness (QED) is 0.254. The van der Waals surface area contributed by atoms with E-state index in [4.69, 9.17) is 11.5 Å². The minimum atomic E-state index is 0.779. The molecule has 4 aromatic carbocycles. The van der Waals surface area contributed by atoms with Crippen molar-refractivity contribution < 1.29 is 4.57 Å². The van der Waals surface area contributed by atoms with E-state index in [0.29, 0.717) is 0 Å². The number of benzene rings is 4. The van der Waals surface area contributed by atoms with E-state index in [1.807, 2.05) is 18.2 Å². The standard InChI is InChI=1S/C25H21N3/c1-2-28-23-15-19(27)10-13-21(23)22-11-8-17-14-18(26)9-12-20(17)24(22)25(28)16-6-4-3-5-7-16/h3-15,27H,2,26H2,1H3/p+1. The number of nitrogens with zero attached hydrogens (tertiary/aromatic N) is 1. The lowest BCUT2D eigenvalue weighted by molar-refractivity contribution is -0.655. The van der Waals surface area contributed by atoms with Crippen molar-refractivity contribution in [3.63, 3.8) is 0 Å². The molecule has 0 aliphatic carbocycles. The smallest absolute Gasteiger partial charge is 0.221 e. The first-order valence-corrected chi connectivity index (χ1v) is 9.60. The highest BCUT2D eigenvalue weighted by molar-refractivity contribution is 6.20. The third-order valence-corrected chi connectivity index (χ3v) is 5.52. The number of hydrogen-bond donors (Lipinski definition) is 2. The molecule has 1 heterocycles. The Morgan fingerprint density at radius 3 is 2.14 bits per heavy atom. The molecular weight excluding hydrogens is 342 g/mol. The lowest BCUT2D eigenvalue weighted by Gasteiger charge is -2.14. The molecule has 5 aromatic rings. The van der Waals surface area contributed by atoms with Crippen molar-refractivity contribution in [2.75, 3.05) is 11.5 Å². The zero-order chi connectivity index (χ0) is 19.3. The molecule has 3 heteroatoms. The molecule has 5 rings (SSSR count). The summed E-state index contributed by atoms with van der Waals surface area (Å²) in [7, 11) is 0. The van der Waals surface area contributed by atoms with Gasteiger partial charge in [-0.15, -0.1) is 0 Å². The molecule has 0 radical (unpaired) electrons. The Kier molecular flexibility index (Phi) is 3.69. The fourth-order valence-electron chi connectivity index (χ4n) is 4.31. The second-order valence-corrected chi connectivity index (χ2v) is 7.20. The number of pyridine rings is 1. The molecule has 0 aliphatic rings. The van der Waals surface area contributed by atoms with Gasteiger partial charge in [-0.05, 0) is 54.1 Å². The first-order chi connectivity index (χ1) is 13.7. The van der Waals surface area contributed by atoms with Crippen LogP contribution in [0.2, 0.25) is 0 Å². The number of aryl methyl sites for hydroxylation is 1. The van der Waals surface area contributed by atoms with Crippen LogP contribution in [0.25, 0.3) is 43.7 Å². The maximum Gasteiger partial charge on any atom is 0.221 e. The molecule has 0 spiro atoms. The third-order valence-electron chi connectivity index (χ3n) is 5.52. The van der Waals surface area contributed by atoms with Gasteiger partial charge >= 0.3 is 0 Å². The average Bonchev–Trinajstić information content (AvgIpc) is 2.72. The van der Waals surface area contributed by atoms with Crippen molar-refractivity contribution in [2.45, 2.75) is 13.5 Å². The molecule has 0 saturated heterocycles. The van der Waals surface area contributed by atoms with Crippen LogP contribution in [0.5, 0.6) is 0 Å². The molecular formula is C25H22N3+. The molecule has 0 aliphatic heterocycles. The van der Waals surface area contributed by atoms with Crippen LogP contribution in [0.1, 0.15) is 6.92 Å². The summed E-state index contributed by atoms with van der Waals surface area (Å²) in [5, 5.41) is 6.07. The summed E-state index contributed by atoms with van der Waals surface area (Å²) in [6, 6.07) is 27.3. The van der Waals surface area contributed by atoms with Crippen molar-refractivity contribution in [1.82, 2.24) is 0 Å². The summed E-state index contributed by atoms with van der Waals surface area (Å²) in [6.45, 7) is 3.04. The van der Waals surface area contributed by atoms with Crippen LogP contribution in [-0.4, -0.2) is 0 Å². The van der Waals surface area contributed by atoms with E-state index in [2.05, 4.69) is 72.2 Å². The fraction of sp³-hybridized carbons (Fsp3) is 0.0800. The van der Waals surface area contributed by atoms with Gasteiger partial charge in [0.1, 0.15) is 6.54 Å². The molecule has 136 valence electrons. The van der Waals surface area contributed by atoms with E-state index in [9.17, 15) is 0 Å². The number of rotatable bonds is 2. The Bertz CT molecular complexity index is 1360. The molecule has 0 bridgehead atoms. The first-order valence-electron chi connectivity index (χ1n) is 9.60. The van der Waals surface area contributed by atoms with E-state index in [1.165, 1.54) is 32.8 Å². The van der Waals surface area contributed by atoms with Crippen LogP contribution in [0.3, 0.4) is 0 Å². The number of aromatic nitrogens is 1. The van der Waals surface area contributed by atoms with Crippen LogP contribution in [-0.2, 0) is 6.54 Å². The van der Waals surface area contributed by atoms with Gasteiger partial charge in [0.05, 0.1) is 10.8 Å². The van der Waals surface area contributed by atoms with Gasteiger partial charge in [0.25, 0.3) is 0 Å². The van der Waals surface area contributed by atoms with Gasteiger partial charge in [0, 0.05) is 28.4 Å². The maximum absolute atomic E-state index is 6.16. The molecule has 3 nitrogen and oxygen atoms in total. The van der Waals surface area contributed by atoms with Gasteiger partial charge < -0.3 is 11.5 Å². The molecule has 28 heavy (non-hydrogen) atoms. The molecule has 0 atom stereocenters. The number of hydrogen-bond acceptors (Lipinski definition) is 2. The molecule has 0 unspecified atom stereocenters. The highest BCUT2D eigenvalue weighted by Gasteiger charge is 2.23. The van der Waals surface area contributed by atoms with Crippen LogP contribution in [0.15, 0.2) is 78.9 Å². The molecule has 4 N–H and O–H groups in total. The highest BCUT2D eigenvalue weighted by Crippen LogP contribution is 2.37. The van der Waals surface area contributed by atoms with Gasteiger partial charge in [-0.25, -0.2) is 0 Å². The Hall–Kier alpha value is -3.59. The van der Waals surface area contributed by atoms with E-state index >= 15 is 0 Å². The number of fused-ring (bicyclic) bond motifs is 5. The van der Waals surface area contributed by atoms with Crippen molar-refractivity contribution >= 4 is 43.8 Å². The number of nitrogens with two attached hydrogens (primary N) is 2. The van der Waals surface area contributed by atoms with E-state index < -0.39 is 0 Å². The summed E-state index contributed by atoms with van der Waals surface area (Å²) < 4.78 is 2.37. The summed E-state index contributed by atoms with van der Waals surface area (Å²) in [5.74, 6) is 0. The highest BCUT2D eigenvalue weighted by atomic mass is 15.0. The van der Waals surface area contributed by atoms with Gasteiger partial charge in [-0.2, -0.15) is 4.57 Å². The van der Waals surface area contributed by atoms with Gasteiger partial charge in [-0.3, -0.25) is 0 Å².